The topological polar surface area (TPSA) is 37.8 Å². The van der Waals surface area contributed by atoms with Crippen LogP contribution >= 0.6 is 34.6 Å². The third kappa shape index (κ3) is 4.05. The van der Waals surface area contributed by atoms with Crippen molar-refractivity contribution in [3.63, 3.8) is 0 Å². The Morgan fingerprint density at radius 3 is 3.06 bits per heavy atom. The van der Waals surface area contributed by atoms with Gasteiger partial charge in [-0.1, -0.05) is 24.8 Å². The minimum atomic E-state index is 0.436. The normalized spacial score (nSPS) is 12.8. The Balaban J connectivity index is 1.67. The lowest BCUT2D eigenvalue weighted by Crippen LogP contribution is -2.20. The molecule has 0 saturated heterocycles. The van der Waals surface area contributed by atoms with Gasteiger partial charge in [-0.05, 0) is 29.9 Å². The number of aromatic nitrogens is 2. The number of aryl methyl sites for hydroxylation is 1. The summed E-state index contributed by atoms with van der Waals surface area (Å²) >= 11 is 5.09. The maximum atomic E-state index is 4.44. The lowest BCUT2D eigenvalue weighted by molar-refractivity contribution is 0.610. The SMILES string of the molecule is CCc1nsc(SCCNC(C)c2cccs2)n1. The Bertz CT molecular complexity index is 453. The predicted octanol–water partition coefficient (Wildman–Crippen LogP) is 3.60. The number of thiophene rings is 1. The van der Waals surface area contributed by atoms with Gasteiger partial charge in [0, 0.05) is 29.6 Å². The lowest BCUT2D eigenvalue weighted by Gasteiger charge is -2.10. The quantitative estimate of drug-likeness (QED) is 0.626. The van der Waals surface area contributed by atoms with Crippen LogP contribution in [0.4, 0.5) is 0 Å². The molecule has 0 amide bonds. The number of hydrogen-bond acceptors (Lipinski definition) is 6. The molecule has 0 spiro atoms. The van der Waals surface area contributed by atoms with Gasteiger partial charge in [-0.15, -0.1) is 11.3 Å². The zero-order chi connectivity index (χ0) is 12.8. The predicted molar refractivity (Wildman–Crippen MR) is 80.7 cm³/mol. The summed E-state index contributed by atoms with van der Waals surface area (Å²) in [6.07, 6.45) is 0.921. The van der Waals surface area contributed by atoms with Gasteiger partial charge in [0.15, 0.2) is 4.34 Å². The molecule has 3 nitrogen and oxygen atoms in total. The highest BCUT2D eigenvalue weighted by Gasteiger charge is 2.06. The lowest BCUT2D eigenvalue weighted by atomic mass is 10.3. The van der Waals surface area contributed by atoms with Crippen molar-refractivity contribution < 1.29 is 0 Å². The summed E-state index contributed by atoms with van der Waals surface area (Å²) in [5.74, 6) is 2.00. The fraction of sp³-hybridized carbons (Fsp3) is 0.500. The number of thioether (sulfide) groups is 1. The van der Waals surface area contributed by atoms with E-state index in [-0.39, 0.29) is 0 Å². The van der Waals surface area contributed by atoms with Crippen molar-refractivity contribution in [1.82, 2.24) is 14.7 Å². The molecule has 98 valence electrons. The second-order valence-corrected chi connectivity index (χ2v) is 6.94. The third-order valence-corrected chi connectivity index (χ3v) is 5.44. The number of rotatable bonds is 7. The number of nitrogens with one attached hydrogen (secondary N) is 1. The average Bonchev–Trinajstić information content (AvgIpc) is 3.05. The van der Waals surface area contributed by atoms with Gasteiger partial charge in [0.1, 0.15) is 5.82 Å². The first kappa shape index (κ1) is 14.0. The fourth-order valence-electron chi connectivity index (χ4n) is 1.49. The Kier molecular flexibility index (Phi) is 5.62. The van der Waals surface area contributed by atoms with E-state index in [0.717, 1.165) is 28.9 Å². The monoisotopic (exact) mass is 299 g/mol. The van der Waals surface area contributed by atoms with Crippen LogP contribution in [0.15, 0.2) is 21.9 Å². The van der Waals surface area contributed by atoms with Gasteiger partial charge in [-0.25, -0.2) is 4.98 Å². The van der Waals surface area contributed by atoms with Crippen molar-refractivity contribution in [2.45, 2.75) is 30.6 Å². The van der Waals surface area contributed by atoms with Crippen molar-refractivity contribution >= 4 is 34.6 Å². The molecule has 2 heterocycles. The van der Waals surface area contributed by atoms with E-state index in [0.29, 0.717) is 6.04 Å². The molecule has 0 fully saturated rings. The van der Waals surface area contributed by atoms with E-state index < -0.39 is 0 Å². The first-order valence-corrected chi connectivity index (χ1v) is 8.65. The van der Waals surface area contributed by atoms with E-state index in [2.05, 4.69) is 46.0 Å². The summed E-state index contributed by atoms with van der Waals surface area (Å²) < 4.78 is 5.36. The molecule has 0 aromatic carbocycles. The standard InChI is InChI=1S/C12H17N3S3/c1-3-11-14-12(18-15-11)17-8-6-13-9(2)10-5-4-7-16-10/h4-5,7,9,13H,3,6,8H2,1-2H3. The Labute approximate surface area is 120 Å². The summed E-state index contributed by atoms with van der Waals surface area (Å²) in [6.45, 7) is 5.28. The molecule has 18 heavy (non-hydrogen) atoms. The molecular weight excluding hydrogens is 282 g/mol. The summed E-state index contributed by atoms with van der Waals surface area (Å²) in [5.41, 5.74) is 0. The molecule has 2 rings (SSSR count). The summed E-state index contributed by atoms with van der Waals surface area (Å²) in [4.78, 5) is 5.83. The van der Waals surface area contributed by atoms with Gasteiger partial charge in [0.05, 0.1) is 0 Å². The van der Waals surface area contributed by atoms with Gasteiger partial charge in [0.25, 0.3) is 0 Å². The molecule has 0 radical (unpaired) electrons. The van der Waals surface area contributed by atoms with Crippen LogP contribution in [0.2, 0.25) is 0 Å². The highest BCUT2D eigenvalue weighted by atomic mass is 32.2. The third-order valence-electron chi connectivity index (χ3n) is 2.51. The average molecular weight is 299 g/mol. The van der Waals surface area contributed by atoms with Crippen LogP contribution in [0.5, 0.6) is 0 Å². The van der Waals surface area contributed by atoms with E-state index in [1.54, 1.807) is 23.1 Å². The molecule has 0 saturated carbocycles. The maximum Gasteiger partial charge on any atom is 0.170 e. The molecule has 1 unspecified atom stereocenters. The first-order chi connectivity index (χ1) is 8.79. The van der Waals surface area contributed by atoms with Crippen LogP contribution in [0, 0.1) is 0 Å². The maximum absolute atomic E-state index is 4.44. The second-order valence-electron chi connectivity index (χ2n) is 3.87. The molecule has 1 N–H and O–H groups in total. The van der Waals surface area contributed by atoms with Crippen LogP contribution in [0.25, 0.3) is 0 Å². The molecule has 0 aliphatic heterocycles. The summed E-state index contributed by atoms with van der Waals surface area (Å²) in [5, 5.41) is 5.64. The van der Waals surface area contributed by atoms with Gasteiger partial charge in [-0.3, -0.25) is 0 Å². The van der Waals surface area contributed by atoms with Crippen molar-refractivity contribution in [3.05, 3.63) is 28.2 Å². The largest absolute Gasteiger partial charge is 0.309 e. The molecule has 0 aliphatic rings. The number of hydrogen-bond donors (Lipinski definition) is 1. The van der Waals surface area contributed by atoms with Crippen molar-refractivity contribution in [2.24, 2.45) is 0 Å². The summed E-state index contributed by atoms with van der Waals surface area (Å²) in [6, 6.07) is 4.71. The van der Waals surface area contributed by atoms with E-state index in [1.807, 2.05) is 0 Å². The van der Waals surface area contributed by atoms with Crippen molar-refractivity contribution in [3.8, 4) is 0 Å². The van der Waals surface area contributed by atoms with Gasteiger partial charge in [0.2, 0.25) is 0 Å². The molecule has 0 aliphatic carbocycles. The van der Waals surface area contributed by atoms with Crippen LogP contribution in [0.3, 0.4) is 0 Å². The highest BCUT2D eigenvalue weighted by molar-refractivity contribution is 8.00. The number of nitrogens with zero attached hydrogens (tertiary/aromatic N) is 2. The Morgan fingerprint density at radius 1 is 1.50 bits per heavy atom. The van der Waals surface area contributed by atoms with Crippen LogP contribution in [-0.4, -0.2) is 21.7 Å². The minimum absolute atomic E-state index is 0.436. The first-order valence-electron chi connectivity index (χ1n) is 6.01. The highest BCUT2D eigenvalue weighted by Crippen LogP contribution is 2.21. The second kappa shape index (κ2) is 7.23. The zero-order valence-corrected chi connectivity index (χ0v) is 13.0. The minimum Gasteiger partial charge on any atom is -0.309 e. The van der Waals surface area contributed by atoms with E-state index >= 15 is 0 Å². The van der Waals surface area contributed by atoms with E-state index in [4.69, 9.17) is 0 Å². The molecule has 6 heteroatoms. The smallest absolute Gasteiger partial charge is 0.170 e. The van der Waals surface area contributed by atoms with Gasteiger partial charge in [-0.2, -0.15) is 4.37 Å². The molecular formula is C12H17N3S3. The summed E-state index contributed by atoms with van der Waals surface area (Å²) in [7, 11) is 0. The zero-order valence-electron chi connectivity index (χ0n) is 10.5. The van der Waals surface area contributed by atoms with Crippen LogP contribution < -0.4 is 5.32 Å². The molecule has 0 bridgehead atoms. The molecule has 2 aromatic rings. The molecule has 2 aromatic heterocycles. The van der Waals surface area contributed by atoms with Crippen molar-refractivity contribution in [2.75, 3.05) is 12.3 Å². The Morgan fingerprint density at radius 2 is 2.39 bits per heavy atom. The van der Waals surface area contributed by atoms with Gasteiger partial charge >= 0.3 is 0 Å². The van der Waals surface area contributed by atoms with Crippen molar-refractivity contribution in [1.29, 1.82) is 0 Å². The van der Waals surface area contributed by atoms with E-state index in [1.165, 1.54) is 16.4 Å². The molecule has 1 atom stereocenters. The van der Waals surface area contributed by atoms with Gasteiger partial charge < -0.3 is 5.32 Å². The van der Waals surface area contributed by atoms with Crippen LogP contribution in [-0.2, 0) is 6.42 Å². The van der Waals surface area contributed by atoms with Crippen LogP contribution in [0.1, 0.15) is 30.6 Å². The Hall–Kier alpha value is -0.430. The fourth-order valence-corrected chi connectivity index (χ4v) is 3.89. The van der Waals surface area contributed by atoms with E-state index in [9.17, 15) is 0 Å².